The summed E-state index contributed by atoms with van der Waals surface area (Å²) in [4.78, 5) is 0.259. The van der Waals surface area contributed by atoms with Gasteiger partial charge in [-0.1, -0.05) is 17.7 Å². The number of halogens is 1. The third-order valence-electron chi connectivity index (χ3n) is 3.57. The molecule has 3 nitrogen and oxygen atoms in total. The molecule has 17 heavy (non-hydrogen) atoms. The second kappa shape index (κ2) is 3.46. The van der Waals surface area contributed by atoms with Crippen LogP contribution in [-0.4, -0.2) is 13.7 Å². The summed E-state index contributed by atoms with van der Waals surface area (Å²) in [5.41, 5.74) is 6.73. The molecule has 0 radical (unpaired) electrons. The average molecular weight is 272 g/mol. The van der Waals surface area contributed by atoms with E-state index in [9.17, 15) is 8.42 Å². The van der Waals surface area contributed by atoms with Gasteiger partial charge < -0.3 is 5.73 Å². The van der Waals surface area contributed by atoms with Gasteiger partial charge in [0.15, 0.2) is 9.84 Å². The van der Waals surface area contributed by atoms with Gasteiger partial charge in [-0.05, 0) is 43.4 Å². The van der Waals surface area contributed by atoms with Crippen LogP contribution in [0.2, 0.25) is 5.02 Å². The number of benzene rings is 1. The molecule has 0 aromatic heterocycles. The molecule has 1 aromatic carbocycles. The van der Waals surface area contributed by atoms with Crippen molar-refractivity contribution in [3.8, 4) is 0 Å². The van der Waals surface area contributed by atoms with Gasteiger partial charge in [-0.2, -0.15) is 0 Å². The normalized spacial score (nSPS) is 22.5. The summed E-state index contributed by atoms with van der Waals surface area (Å²) < 4.78 is 24.2. The molecule has 2 saturated carbocycles. The zero-order valence-corrected chi connectivity index (χ0v) is 10.9. The molecule has 0 heterocycles. The highest BCUT2D eigenvalue weighted by molar-refractivity contribution is 7.92. The van der Waals surface area contributed by atoms with E-state index in [1.54, 1.807) is 18.2 Å². The molecule has 1 aromatic rings. The molecule has 5 heteroatoms. The van der Waals surface area contributed by atoms with E-state index in [4.69, 9.17) is 17.3 Å². The zero-order chi connectivity index (χ0) is 12.3. The van der Waals surface area contributed by atoms with E-state index in [1.165, 1.54) is 0 Å². The van der Waals surface area contributed by atoms with Crippen molar-refractivity contribution in [2.45, 2.75) is 41.4 Å². The molecular formula is C12H14ClNO2S. The SMILES string of the molecule is NC1(c2ccc(S(=O)(=O)C3CC3)c(Cl)c2)CC1. The lowest BCUT2D eigenvalue weighted by Gasteiger charge is -2.12. The predicted octanol–water partition coefficient (Wildman–Crippen LogP) is 2.22. The summed E-state index contributed by atoms with van der Waals surface area (Å²) in [5.74, 6) is 0. The lowest BCUT2D eigenvalue weighted by atomic mass is 10.1. The van der Waals surface area contributed by atoms with Crippen LogP contribution in [0.1, 0.15) is 31.2 Å². The quantitative estimate of drug-likeness (QED) is 0.917. The maximum atomic E-state index is 12.1. The van der Waals surface area contributed by atoms with E-state index in [-0.39, 0.29) is 15.7 Å². The first-order valence-electron chi connectivity index (χ1n) is 5.76. The molecule has 0 amide bonds. The van der Waals surface area contributed by atoms with Gasteiger partial charge >= 0.3 is 0 Å². The second-order valence-electron chi connectivity index (χ2n) is 5.05. The Bertz CT molecular complexity index is 574. The number of rotatable bonds is 3. The number of nitrogens with two attached hydrogens (primary N) is 1. The van der Waals surface area contributed by atoms with Crippen LogP contribution in [0.3, 0.4) is 0 Å². The van der Waals surface area contributed by atoms with E-state index in [1.807, 2.05) is 0 Å². The summed E-state index contributed by atoms with van der Waals surface area (Å²) >= 11 is 6.08. The summed E-state index contributed by atoms with van der Waals surface area (Å²) in [5, 5.41) is 0.0877. The molecule has 2 aliphatic carbocycles. The Balaban J connectivity index is 2.02. The fourth-order valence-electron chi connectivity index (χ4n) is 2.02. The van der Waals surface area contributed by atoms with Crippen molar-refractivity contribution in [3.05, 3.63) is 28.8 Å². The van der Waals surface area contributed by atoms with Crippen molar-refractivity contribution in [3.63, 3.8) is 0 Å². The van der Waals surface area contributed by atoms with Gasteiger partial charge in [0.05, 0.1) is 15.2 Å². The van der Waals surface area contributed by atoms with E-state index in [0.29, 0.717) is 5.02 Å². The monoisotopic (exact) mass is 271 g/mol. The van der Waals surface area contributed by atoms with Crippen LogP contribution < -0.4 is 5.73 Å². The molecule has 3 rings (SSSR count). The third kappa shape index (κ3) is 1.88. The lowest BCUT2D eigenvalue weighted by Crippen LogP contribution is -2.19. The predicted molar refractivity (Wildman–Crippen MR) is 66.8 cm³/mol. The van der Waals surface area contributed by atoms with Gasteiger partial charge in [0.25, 0.3) is 0 Å². The van der Waals surface area contributed by atoms with Crippen molar-refractivity contribution in [2.75, 3.05) is 0 Å². The number of hydrogen-bond donors (Lipinski definition) is 1. The van der Waals surface area contributed by atoms with Crippen molar-refractivity contribution >= 4 is 21.4 Å². The molecule has 0 saturated heterocycles. The standard InChI is InChI=1S/C12H14ClNO2S/c13-10-7-8(12(14)5-6-12)1-4-11(10)17(15,16)9-2-3-9/h1,4,7,9H,2-3,5-6,14H2. The van der Waals surface area contributed by atoms with E-state index in [2.05, 4.69) is 0 Å². The lowest BCUT2D eigenvalue weighted by molar-refractivity contribution is 0.594. The molecule has 2 aliphatic rings. The fraction of sp³-hybridized carbons (Fsp3) is 0.500. The minimum Gasteiger partial charge on any atom is -0.321 e. The van der Waals surface area contributed by atoms with Crippen LogP contribution in [0.4, 0.5) is 0 Å². The highest BCUT2D eigenvalue weighted by Crippen LogP contribution is 2.44. The minimum atomic E-state index is -3.21. The largest absolute Gasteiger partial charge is 0.321 e. The maximum Gasteiger partial charge on any atom is 0.182 e. The van der Waals surface area contributed by atoms with Crippen molar-refractivity contribution < 1.29 is 8.42 Å². The van der Waals surface area contributed by atoms with E-state index < -0.39 is 9.84 Å². The Hall–Kier alpha value is -0.580. The second-order valence-corrected chi connectivity index (χ2v) is 7.65. The Morgan fingerprint density at radius 2 is 1.94 bits per heavy atom. The first kappa shape index (κ1) is 11.5. The van der Waals surface area contributed by atoms with Crippen LogP contribution in [-0.2, 0) is 15.4 Å². The first-order valence-corrected chi connectivity index (χ1v) is 7.69. The van der Waals surface area contributed by atoms with Crippen molar-refractivity contribution in [1.82, 2.24) is 0 Å². The first-order chi connectivity index (χ1) is 7.93. The van der Waals surface area contributed by atoms with Gasteiger partial charge in [-0.25, -0.2) is 8.42 Å². The molecule has 2 fully saturated rings. The fourth-order valence-corrected chi connectivity index (χ4v) is 4.23. The Kier molecular flexibility index (Phi) is 2.35. The maximum absolute atomic E-state index is 12.1. The molecule has 2 N–H and O–H groups in total. The topological polar surface area (TPSA) is 60.2 Å². The van der Waals surface area contributed by atoms with Gasteiger partial charge in [-0.3, -0.25) is 0 Å². The average Bonchev–Trinajstić information content (AvgIpc) is 3.11. The summed E-state index contributed by atoms with van der Waals surface area (Å²) in [7, 11) is -3.21. The molecule has 0 unspecified atom stereocenters. The highest BCUT2D eigenvalue weighted by atomic mass is 35.5. The minimum absolute atomic E-state index is 0.224. The van der Waals surface area contributed by atoms with Crippen LogP contribution in [0.15, 0.2) is 23.1 Å². The summed E-state index contributed by atoms with van der Waals surface area (Å²) in [6, 6.07) is 5.12. The van der Waals surface area contributed by atoms with E-state index in [0.717, 1.165) is 31.2 Å². The van der Waals surface area contributed by atoms with Crippen LogP contribution in [0.25, 0.3) is 0 Å². The van der Waals surface area contributed by atoms with Gasteiger partial charge in [0.2, 0.25) is 0 Å². The summed E-state index contributed by atoms with van der Waals surface area (Å²) in [6.07, 6.45) is 3.39. The van der Waals surface area contributed by atoms with Crippen LogP contribution >= 0.6 is 11.6 Å². The Morgan fingerprint density at radius 3 is 2.41 bits per heavy atom. The molecule has 0 atom stereocenters. The zero-order valence-electron chi connectivity index (χ0n) is 9.32. The number of hydrogen-bond acceptors (Lipinski definition) is 3. The van der Waals surface area contributed by atoms with Crippen molar-refractivity contribution in [2.24, 2.45) is 5.73 Å². The Labute approximate surface area is 106 Å². The van der Waals surface area contributed by atoms with Crippen LogP contribution in [0, 0.1) is 0 Å². The number of sulfone groups is 1. The molecular weight excluding hydrogens is 258 g/mol. The van der Waals surface area contributed by atoms with E-state index >= 15 is 0 Å². The summed E-state index contributed by atoms with van der Waals surface area (Å²) in [6.45, 7) is 0. The third-order valence-corrected chi connectivity index (χ3v) is 6.31. The Morgan fingerprint density at radius 1 is 1.29 bits per heavy atom. The molecule has 0 aliphatic heterocycles. The van der Waals surface area contributed by atoms with Crippen molar-refractivity contribution in [1.29, 1.82) is 0 Å². The molecule has 0 bridgehead atoms. The van der Waals surface area contributed by atoms with Gasteiger partial charge in [-0.15, -0.1) is 0 Å². The van der Waals surface area contributed by atoms with Gasteiger partial charge in [0.1, 0.15) is 0 Å². The smallest absolute Gasteiger partial charge is 0.182 e. The molecule has 0 spiro atoms. The highest BCUT2D eigenvalue weighted by Gasteiger charge is 2.42. The molecule has 92 valence electrons. The van der Waals surface area contributed by atoms with Crippen LogP contribution in [0.5, 0.6) is 0 Å². The van der Waals surface area contributed by atoms with Gasteiger partial charge in [0, 0.05) is 5.54 Å².